The molecular weight excluding hydrogens is 288 g/mol. The first-order chi connectivity index (χ1) is 7.74. The molecule has 0 saturated heterocycles. The Morgan fingerprint density at radius 3 is 2.12 bits per heavy atom. The van der Waals surface area contributed by atoms with E-state index in [9.17, 15) is 0 Å². The quantitative estimate of drug-likeness (QED) is 0.458. The number of halogens is 2. The number of benzene rings is 1. The van der Waals surface area contributed by atoms with E-state index < -0.39 is 0 Å². The van der Waals surface area contributed by atoms with Gasteiger partial charge in [0, 0.05) is 10.8 Å². The molecule has 2 aromatic heterocycles. The van der Waals surface area contributed by atoms with Crippen molar-refractivity contribution in [3.63, 3.8) is 0 Å². The molecule has 0 aliphatic heterocycles. The Labute approximate surface area is 105 Å². The molecule has 0 radical (unpaired) electrons. The van der Waals surface area contributed by atoms with Crippen molar-refractivity contribution in [3.05, 3.63) is 46.2 Å². The fourth-order valence-corrected chi connectivity index (χ4v) is 2.18. The molecule has 1 aromatic carbocycles. The minimum Gasteiger partial charge on any atom is -0.239 e. The van der Waals surface area contributed by atoms with Gasteiger partial charge in [-0.05, 0) is 34.1 Å². The summed E-state index contributed by atoms with van der Waals surface area (Å²) in [6.07, 6.45) is 0. The van der Waals surface area contributed by atoms with Crippen molar-refractivity contribution in [1.29, 1.82) is 0 Å². The van der Waals surface area contributed by atoms with Crippen LogP contribution in [0.2, 0.25) is 5.15 Å². The van der Waals surface area contributed by atoms with E-state index in [-0.39, 0.29) is 0 Å². The predicted molar refractivity (Wildman–Crippen MR) is 69.8 cm³/mol. The highest BCUT2D eigenvalue weighted by Crippen LogP contribution is 2.25. The molecule has 3 aromatic rings. The van der Waals surface area contributed by atoms with Crippen molar-refractivity contribution in [2.45, 2.75) is 0 Å². The van der Waals surface area contributed by atoms with Gasteiger partial charge in [0.1, 0.15) is 9.76 Å². The van der Waals surface area contributed by atoms with Gasteiger partial charge in [0.15, 0.2) is 0 Å². The van der Waals surface area contributed by atoms with Crippen molar-refractivity contribution < 1.29 is 0 Å². The Morgan fingerprint density at radius 2 is 1.38 bits per heavy atom. The largest absolute Gasteiger partial charge is 0.239 e. The topological polar surface area (TPSA) is 25.8 Å². The summed E-state index contributed by atoms with van der Waals surface area (Å²) in [6.45, 7) is 0. The SMILES string of the molecule is Clc1ccc2ccc3ccc(Br)nc3c2n1. The number of fused-ring (bicyclic) bond motifs is 3. The molecule has 4 heteroatoms. The minimum atomic E-state index is 0.488. The summed E-state index contributed by atoms with van der Waals surface area (Å²) < 4.78 is 0.800. The molecular formula is C12H6BrClN2. The van der Waals surface area contributed by atoms with Gasteiger partial charge in [0.05, 0.1) is 11.0 Å². The summed E-state index contributed by atoms with van der Waals surface area (Å²) in [5, 5.41) is 2.59. The second kappa shape index (κ2) is 3.68. The fraction of sp³-hybridized carbons (Fsp3) is 0. The molecule has 2 nitrogen and oxygen atoms in total. The zero-order valence-corrected chi connectivity index (χ0v) is 10.5. The van der Waals surface area contributed by atoms with Gasteiger partial charge in [-0.3, -0.25) is 0 Å². The van der Waals surface area contributed by atoms with Crippen LogP contribution >= 0.6 is 27.5 Å². The summed E-state index contributed by atoms with van der Waals surface area (Å²) in [7, 11) is 0. The van der Waals surface area contributed by atoms with Gasteiger partial charge in [-0.15, -0.1) is 0 Å². The Morgan fingerprint density at radius 1 is 0.812 bits per heavy atom. The smallest absolute Gasteiger partial charge is 0.129 e. The number of pyridine rings is 2. The second-order valence-electron chi connectivity index (χ2n) is 3.48. The molecule has 16 heavy (non-hydrogen) atoms. The van der Waals surface area contributed by atoms with Crippen LogP contribution in [0.15, 0.2) is 41.0 Å². The molecule has 78 valence electrons. The van der Waals surface area contributed by atoms with Crippen LogP contribution in [0.25, 0.3) is 21.8 Å². The zero-order valence-electron chi connectivity index (χ0n) is 8.11. The number of aromatic nitrogens is 2. The third kappa shape index (κ3) is 1.56. The average molecular weight is 294 g/mol. The maximum absolute atomic E-state index is 5.91. The normalized spacial score (nSPS) is 11.1. The van der Waals surface area contributed by atoms with Crippen molar-refractivity contribution in [2.24, 2.45) is 0 Å². The molecule has 0 saturated carbocycles. The van der Waals surface area contributed by atoms with E-state index in [0.717, 1.165) is 26.4 Å². The number of hydrogen-bond donors (Lipinski definition) is 0. The number of rotatable bonds is 0. The van der Waals surface area contributed by atoms with Gasteiger partial charge in [0.2, 0.25) is 0 Å². The highest BCUT2D eigenvalue weighted by molar-refractivity contribution is 9.10. The standard InChI is InChI=1S/C12H6BrClN2/c13-9-5-3-7-1-2-8-4-6-10(14)16-12(8)11(7)15-9/h1-6H. The van der Waals surface area contributed by atoms with Crippen molar-refractivity contribution in [2.75, 3.05) is 0 Å². The summed E-state index contributed by atoms with van der Waals surface area (Å²) in [6, 6.07) is 11.7. The lowest BCUT2D eigenvalue weighted by Crippen LogP contribution is -1.86. The number of nitrogens with zero attached hydrogens (tertiary/aromatic N) is 2. The van der Waals surface area contributed by atoms with Crippen LogP contribution in [0.4, 0.5) is 0 Å². The third-order valence-corrected chi connectivity index (χ3v) is 3.10. The molecule has 2 heterocycles. The van der Waals surface area contributed by atoms with Gasteiger partial charge < -0.3 is 0 Å². The van der Waals surface area contributed by atoms with Crippen LogP contribution in [-0.4, -0.2) is 9.97 Å². The van der Waals surface area contributed by atoms with E-state index in [1.807, 2.05) is 30.3 Å². The lowest BCUT2D eigenvalue weighted by molar-refractivity contribution is 1.34. The predicted octanol–water partition coefficient (Wildman–Crippen LogP) is 4.20. The molecule has 0 N–H and O–H groups in total. The van der Waals surface area contributed by atoms with Gasteiger partial charge in [-0.2, -0.15) is 0 Å². The molecule has 3 rings (SSSR count). The van der Waals surface area contributed by atoms with Gasteiger partial charge in [0.25, 0.3) is 0 Å². The molecule has 0 fully saturated rings. The zero-order chi connectivity index (χ0) is 11.1. The maximum atomic E-state index is 5.91. The Balaban J connectivity index is 2.55. The number of hydrogen-bond acceptors (Lipinski definition) is 2. The van der Waals surface area contributed by atoms with E-state index in [4.69, 9.17) is 11.6 Å². The summed E-state index contributed by atoms with van der Waals surface area (Å²) >= 11 is 9.27. The van der Waals surface area contributed by atoms with E-state index in [1.54, 1.807) is 6.07 Å². The Kier molecular flexibility index (Phi) is 2.30. The van der Waals surface area contributed by atoms with Crippen LogP contribution in [0.3, 0.4) is 0 Å². The fourth-order valence-electron chi connectivity index (χ4n) is 1.72. The molecule has 0 bridgehead atoms. The average Bonchev–Trinajstić information content (AvgIpc) is 2.29. The van der Waals surface area contributed by atoms with E-state index in [2.05, 4.69) is 25.9 Å². The first kappa shape index (κ1) is 10.00. The lowest BCUT2D eigenvalue weighted by atomic mass is 10.1. The third-order valence-electron chi connectivity index (χ3n) is 2.45. The molecule has 0 aliphatic rings. The van der Waals surface area contributed by atoms with Crippen LogP contribution in [0.5, 0.6) is 0 Å². The van der Waals surface area contributed by atoms with Crippen LogP contribution in [0.1, 0.15) is 0 Å². The highest BCUT2D eigenvalue weighted by atomic mass is 79.9. The van der Waals surface area contributed by atoms with Crippen molar-refractivity contribution >= 4 is 49.3 Å². The van der Waals surface area contributed by atoms with Crippen molar-refractivity contribution in [3.8, 4) is 0 Å². The van der Waals surface area contributed by atoms with E-state index in [0.29, 0.717) is 5.15 Å². The minimum absolute atomic E-state index is 0.488. The van der Waals surface area contributed by atoms with Crippen LogP contribution < -0.4 is 0 Å². The van der Waals surface area contributed by atoms with Crippen LogP contribution in [-0.2, 0) is 0 Å². The van der Waals surface area contributed by atoms with Gasteiger partial charge in [-0.25, -0.2) is 9.97 Å². The second-order valence-corrected chi connectivity index (χ2v) is 4.68. The van der Waals surface area contributed by atoms with Crippen molar-refractivity contribution in [1.82, 2.24) is 9.97 Å². The Bertz CT molecular complexity index is 636. The first-order valence-electron chi connectivity index (χ1n) is 4.75. The van der Waals surface area contributed by atoms with E-state index in [1.165, 1.54) is 0 Å². The highest BCUT2D eigenvalue weighted by Gasteiger charge is 2.04. The monoisotopic (exact) mass is 292 g/mol. The summed E-state index contributed by atoms with van der Waals surface area (Å²) in [4.78, 5) is 8.77. The summed E-state index contributed by atoms with van der Waals surface area (Å²) in [5.74, 6) is 0. The van der Waals surface area contributed by atoms with Crippen LogP contribution in [0, 0.1) is 0 Å². The van der Waals surface area contributed by atoms with Gasteiger partial charge >= 0.3 is 0 Å². The molecule has 0 amide bonds. The molecule has 0 spiro atoms. The first-order valence-corrected chi connectivity index (χ1v) is 5.93. The lowest BCUT2D eigenvalue weighted by Gasteiger charge is -2.03. The summed E-state index contributed by atoms with van der Waals surface area (Å²) in [5.41, 5.74) is 1.71. The van der Waals surface area contributed by atoms with E-state index >= 15 is 0 Å². The molecule has 0 unspecified atom stereocenters. The van der Waals surface area contributed by atoms with Gasteiger partial charge in [-0.1, -0.05) is 29.8 Å². The Hall–Kier alpha value is -1.19. The molecule has 0 aliphatic carbocycles. The molecule has 0 atom stereocenters. The maximum Gasteiger partial charge on any atom is 0.129 e.